The quantitative estimate of drug-likeness (QED) is 0.607. The van der Waals surface area contributed by atoms with Crippen LogP contribution in [0.1, 0.15) is 17.3 Å². The Morgan fingerprint density at radius 3 is 2.83 bits per heavy atom. The second kappa shape index (κ2) is 8.81. The van der Waals surface area contributed by atoms with Gasteiger partial charge in [0.25, 0.3) is 11.6 Å². The van der Waals surface area contributed by atoms with Gasteiger partial charge in [-0.25, -0.2) is 0 Å². The van der Waals surface area contributed by atoms with Crippen molar-refractivity contribution in [3.63, 3.8) is 0 Å². The molecule has 132 valence electrons. The van der Waals surface area contributed by atoms with E-state index in [4.69, 9.17) is 11.6 Å². The fourth-order valence-electron chi connectivity index (χ4n) is 2.45. The van der Waals surface area contributed by atoms with E-state index in [-0.39, 0.29) is 41.5 Å². The zero-order valence-corrected chi connectivity index (χ0v) is 14.5. The average Bonchev–Trinajstić information content (AvgIpc) is 2.52. The van der Waals surface area contributed by atoms with Crippen LogP contribution in [-0.4, -0.2) is 53.9 Å². The lowest BCUT2D eigenvalue weighted by atomic mass is 10.1. The van der Waals surface area contributed by atoms with Crippen molar-refractivity contribution >= 4 is 41.5 Å². The van der Waals surface area contributed by atoms with E-state index in [9.17, 15) is 19.7 Å². The molecule has 0 aliphatic carbocycles. The third-order valence-electron chi connectivity index (χ3n) is 3.64. The number of hydrogen-bond acceptors (Lipinski definition) is 5. The van der Waals surface area contributed by atoms with Crippen LogP contribution in [0.25, 0.3) is 0 Å². The molecular formula is C14H18Cl2N4O4. The van der Waals surface area contributed by atoms with Crippen LogP contribution in [0, 0.1) is 10.1 Å². The van der Waals surface area contributed by atoms with Gasteiger partial charge in [0.15, 0.2) is 0 Å². The summed E-state index contributed by atoms with van der Waals surface area (Å²) in [5.74, 6) is -0.972. The third kappa shape index (κ3) is 4.56. The molecule has 1 fully saturated rings. The van der Waals surface area contributed by atoms with Gasteiger partial charge in [0.1, 0.15) is 5.56 Å². The van der Waals surface area contributed by atoms with E-state index >= 15 is 0 Å². The summed E-state index contributed by atoms with van der Waals surface area (Å²) in [4.78, 5) is 36.3. The lowest BCUT2D eigenvalue weighted by Crippen LogP contribution is -2.54. The molecule has 1 aromatic rings. The topological polar surface area (TPSA) is 105 Å². The Bertz CT molecular complexity index is 641. The summed E-state index contributed by atoms with van der Waals surface area (Å²) < 4.78 is 0. The van der Waals surface area contributed by atoms with E-state index in [1.54, 1.807) is 4.90 Å². The minimum Gasteiger partial charge on any atom is -0.343 e. The highest BCUT2D eigenvalue weighted by atomic mass is 35.5. The Hall–Kier alpha value is -1.90. The molecule has 0 radical (unpaired) electrons. The summed E-state index contributed by atoms with van der Waals surface area (Å²) in [5.41, 5.74) is -0.627. The van der Waals surface area contributed by atoms with Crippen molar-refractivity contribution in [2.24, 2.45) is 0 Å². The predicted octanol–water partition coefficient (Wildman–Crippen LogP) is 1.22. The molecule has 24 heavy (non-hydrogen) atoms. The summed E-state index contributed by atoms with van der Waals surface area (Å²) in [5, 5.41) is 16.5. The van der Waals surface area contributed by atoms with Gasteiger partial charge in [-0.3, -0.25) is 19.7 Å². The molecule has 0 saturated carbocycles. The lowest BCUT2D eigenvalue weighted by Gasteiger charge is -2.34. The first-order valence-corrected chi connectivity index (χ1v) is 7.51. The number of rotatable bonds is 4. The molecule has 1 atom stereocenters. The van der Waals surface area contributed by atoms with Gasteiger partial charge in [-0.05, 0) is 13.0 Å². The summed E-state index contributed by atoms with van der Waals surface area (Å²) in [6, 6.07) is 4.01. The molecule has 1 unspecified atom stereocenters. The maximum absolute atomic E-state index is 12.2. The molecule has 1 saturated heterocycles. The zero-order chi connectivity index (χ0) is 17.0. The number of halogens is 2. The van der Waals surface area contributed by atoms with Crippen LogP contribution < -0.4 is 10.6 Å². The van der Waals surface area contributed by atoms with E-state index in [1.165, 1.54) is 18.2 Å². The summed E-state index contributed by atoms with van der Waals surface area (Å²) >= 11 is 5.89. The smallest absolute Gasteiger partial charge is 0.283 e. The minimum atomic E-state index is -0.738. The Morgan fingerprint density at radius 2 is 2.21 bits per heavy atom. The SMILES string of the molecule is CC1CNCCN1C(=O)CNC(=O)c1c(Cl)cccc1[N+](=O)[O-].Cl. The van der Waals surface area contributed by atoms with Gasteiger partial charge < -0.3 is 15.5 Å². The van der Waals surface area contributed by atoms with Gasteiger partial charge in [-0.1, -0.05) is 17.7 Å². The maximum atomic E-state index is 12.2. The largest absolute Gasteiger partial charge is 0.343 e. The Labute approximate surface area is 150 Å². The van der Waals surface area contributed by atoms with Crippen molar-refractivity contribution in [3.8, 4) is 0 Å². The molecule has 2 amide bonds. The number of piperazine rings is 1. The second-order valence-corrected chi connectivity index (χ2v) is 5.62. The van der Waals surface area contributed by atoms with Gasteiger partial charge in [0, 0.05) is 31.7 Å². The van der Waals surface area contributed by atoms with Gasteiger partial charge in [0.05, 0.1) is 16.5 Å². The average molecular weight is 377 g/mol. The van der Waals surface area contributed by atoms with Crippen molar-refractivity contribution in [1.29, 1.82) is 0 Å². The molecule has 1 heterocycles. The molecular weight excluding hydrogens is 359 g/mol. The highest BCUT2D eigenvalue weighted by Crippen LogP contribution is 2.25. The molecule has 0 bridgehead atoms. The molecule has 1 aliphatic heterocycles. The van der Waals surface area contributed by atoms with Crippen LogP contribution in [0.3, 0.4) is 0 Å². The number of benzene rings is 1. The normalized spacial score (nSPS) is 16.9. The van der Waals surface area contributed by atoms with Gasteiger partial charge in [-0.2, -0.15) is 0 Å². The third-order valence-corrected chi connectivity index (χ3v) is 3.95. The molecule has 0 aromatic heterocycles. The molecule has 1 aliphatic rings. The monoisotopic (exact) mass is 376 g/mol. The van der Waals surface area contributed by atoms with Crippen LogP contribution in [0.4, 0.5) is 5.69 Å². The van der Waals surface area contributed by atoms with Crippen molar-refractivity contribution in [2.75, 3.05) is 26.2 Å². The van der Waals surface area contributed by atoms with Crippen LogP contribution in [0.5, 0.6) is 0 Å². The van der Waals surface area contributed by atoms with Crippen molar-refractivity contribution in [3.05, 3.63) is 38.9 Å². The number of nitrogens with zero attached hydrogens (tertiary/aromatic N) is 2. The number of carbonyl (C=O) groups is 2. The fourth-order valence-corrected chi connectivity index (χ4v) is 2.70. The second-order valence-electron chi connectivity index (χ2n) is 5.21. The lowest BCUT2D eigenvalue weighted by molar-refractivity contribution is -0.385. The van der Waals surface area contributed by atoms with Gasteiger partial charge in [0.2, 0.25) is 5.91 Å². The minimum absolute atomic E-state index is 0. The van der Waals surface area contributed by atoms with Crippen LogP contribution in [0.2, 0.25) is 5.02 Å². The summed E-state index contributed by atoms with van der Waals surface area (Å²) in [6.45, 7) is 3.62. The van der Waals surface area contributed by atoms with E-state index in [0.717, 1.165) is 0 Å². The number of nitro groups is 1. The van der Waals surface area contributed by atoms with Crippen molar-refractivity contribution in [1.82, 2.24) is 15.5 Å². The zero-order valence-electron chi connectivity index (χ0n) is 13.0. The molecule has 8 nitrogen and oxygen atoms in total. The maximum Gasteiger partial charge on any atom is 0.283 e. The van der Waals surface area contributed by atoms with E-state index in [2.05, 4.69) is 10.6 Å². The number of hydrogen-bond donors (Lipinski definition) is 2. The molecule has 10 heteroatoms. The van der Waals surface area contributed by atoms with E-state index in [0.29, 0.717) is 19.6 Å². The van der Waals surface area contributed by atoms with Gasteiger partial charge in [-0.15, -0.1) is 12.4 Å². The Morgan fingerprint density at radius 1 is 1.50 bits per heavy atom. The molecule has 2 rings (SSSR count). The Kier molecular flexibility index (Phi) is 7.40. The summed E-state index contributed by atoms with van der Waals surface area (Å²) in [7, 11) is 0. The number of nitrogens with one attached hydrogen (secondary N) is 2. The molecule has 1 aromatic carbocycles. The Balaban J connectivity index is 0.00000288. The number of nitro benzene ring substituents is 1. The highest BCUT2D eigenvalue weighted by molar-refractivity contribution is 6.34. The first-order chi connectivity index (χ1) is 10.9. The first-order valence-electron chi connectivity index (χ1n) is 7.13. The number of carbonyl (C=O) groups excluding carboxylic acids is 2. The fraction of sp³-hybridized carbons (Fsp3) is 0.429. The summed E-state index contributed by atoms with van der Waals surface area (Å²) in [6.07, 6.45) is 0. The van der Waals surface area contributed by atoms with Crippen LogP contribution in [0.15, 0.2) is 18.2 Å². The van der Waals surface area contributed by atoms with Gasteiger partial charge >= 0.3 is 0 Å². The number of amides is 2. The van der Waals surface area contributed by atoms with Crippen molar-refractivity contribution < 1.29 is 14.5 Å². The van der Waals surface area contributed by atoms with E-state index in [1.807, 2.05) is 6.92 Å². The van der Waals surface area contributed by atoms with E-state index < -0.39 is 16.5 Å². The standard InChI is InChI=1S/C14H17ClN4O4.ClH/c1-9-7-16-5-6-18(9)12(20)8-17-14(21)13-10(15)3-2-4-11(13)19(22)23;/h2-4,9,16H,5-8H2,1H3,(H,17,21);1H. The predicted molar refractivity (Wildman–Crippen MR) is 91.7 cm³/mol. The van der Waals surface area contributed by atoms with Crippen LogP contribution >= 0.6 is 24.0 Å². The molecule has 2 N–H and O–H groups in total. The first kappa shape index (κ1) is 20.1. The van der Waals surface area contributed by atoms with Crippen LogP contribution in [-0.2, 0) is 4.79 Å². The van der Waals surface area contributed by atoms with Crippen molar-refractivity contribution in [2.45, 2.75) is 13.0 Å². The molecule has 0 spiro atoms. The highest BCUT2D eigenvalue weighted by Gasteiger charge is 2.26.